The van der Waals surface area contributed by atoms with Crippen LogP contribution in [0, 0.1) is 13.8 Å². The van der Waals surface area contributed by atoms with E-state index < -0.39 is 10.0 Å². The highest BCUT2D eigenvalue weighted by Gasteiger charge is 2.22. The van der Waals surface area contributed by atoms with Crippen LogP contribution in [-0.2, 0) is 17.1 Å². The summed E-state index contributed by atoms with van der Waals surface area (Å²) in [6.45, 7) is 8.82. The number of hydrogen-bond acceptors (Lipinski definition) is 4. The number of hydrogen-bond donors (Lipinski definition) is 2. The van der Waals surface area contributed by atoms with Crippen molar-refractivity contribution in [3.63, 3.8) is 0 Å². The van der Waals surface area contributed by atoms with Gasteiger partial charge >= 0.3 is 0 Å². The van der Waals surface area contributed by atoms with Gasteiger partial charge in [-0.05, 0) is 26.8 Å². The van der Waals surface area contributed by atoms with E-state index in [1.807, 2.05) is 0 Å². The first kappa shape index (κ1) is 16.1. The maximum Gasteiger partial charge on any atom is 0.244 e. The lowest BCUT2D eigenvalue weighted by atomic mass is 10.3. The predicted octanol–water partition coefficient (Wildman–Crippen LogP) is 0.703. The molecule has 2 N–H and O–H groups in total. The molecule has 1 heterocycles. The van der Waals surface area contributed by atoms with Gasteiger partial charge in [0.05, 0.1) is 11.4 Å². The van der Waals surface area contributed by atoms with Gasteiger partial charge in [0.2, 0.25) is 10.0 Å². The third-order valence-electron chi connectivity index (χ3n) is 2.91. The summed E-state index contributed by atoms with van der Waals surface area (Å²) in [4.78, 5) is 0.298. The molecule has 0 fully saturated rings. The number of nitrogens with zero attached hydrogens (tertiary/aromatic N) is 2. The molecule has 19 heavy (non-hydrogen) atoms. The van der Waals surface area contributed by atoms with E-state index in [0.717, 1.165) is 13.0 Å². The quantitative estimate of drug-likeness (QED) is 0.724. The lowest BCUT2D eigenvalue weighted by molar-refractivity contribution is 0.554. The molecule has 0 spiro atoms. The molecule has 0 bridgehead atoms. The van der Waals surface area contributed by atoms with Gasteiger partial charge in [-0.3, -0.25) is 4.68 Å². The second-order valence-corrected chi connectivity index (χ2v) is 6.69. The Morgan fingerprint density at radius 1 is 1.26 bits per heavy atom. The molecular formula is C12H24N4O2S. The van der Waals surface area contributed by atoms with Crippen LogP contribution in [0.25, 0.3) is 0 Å². The topological polar surface area (TPSA) is 76.0 Å². The van der Waals surface area contributed by atoms with Gasteiger partial charge in [0.15, 0.2) is 0 Å². The summed E-state index contributed by atoms with van der Waals surface area (Å²) in [7, 11) is -1.72. The van der Waals surface area contributed by atoms with Crippen LogP contribution < -0.4 is 10.0 Å². The summed E-state index contributed by atoms with van der Waals surface area (Å²) in [6.07, 6.45) is 0.760. The van der Waals surface area contributed by atoms with Crippen LogP contribution in [0.3, 0.4) is 0 Å². The molecule has 0 radical (unpaired) electrons. The van der Waals surface area contributed by atoms with Crippen molar-refractivity contribution in [2.24, 2.45) is 7.05 Å². The zero-order chi connectivity index (χ0) is 14.6. The van der Waals surface area contributed by atoms with Crippen LogP contribution in [-0.4, -0.2) is 37.3 Å². The summed E-state index contributed by atoms with van der Waals surface area (Å²) in [5, 5.41) is 7.38. The van der Waals surface area contributed by atoms with E-state index in [-0.39, 0.29) is 0 Å². The second-order valence-electron chi connectivity index (χ2n) is 4.98. The van der Waals surface area contributed by atoms with Crippen LogP contribution in [0.2, 0.25) is 0 Å². The van der Waals surface area contributed by atoms with Crippen molar-refractivity contribution in [3.05, 3.63) is 11.4 Å². The number of rotatable bonds is 7. The summed E-state index contributed by atoms with van der Waals surface area (Å²) in [5.74, 6) is 0. The third-order valence-corrected chi connectivity index (χ3v) is 4.62. The average molecular weight is 288 g/mol. The van der Waals surface area contributed by atoms with E-state index >= 15 is 0 Å². The Kier molecular flexibility index (Phi) is 5.51. The summed E-state index contributed by atoms with van der Waals surface area (Å²) in [5.41, 5.74) is 1.19. The van der Waals surface area contributed by atoms with Crippen LogP contribution in [0.15, 0.2) is 4.90 Å². The molecule has 0 saturated heterocycles. The highest BCUT2D eigenvalue weighted by molar-refractivity contribution is 7.89. The molecule has 1 rings (SSSR count). The molecule has 0 atom stereocenters. The molecule has 0 saturated carbocycles. The molecule has 7 heteroatoms. The lowest BCUT2D eigenvalue weighted by Gasteiger charge is -2.09. The van der Waals surface area contributed by atoms with Gasteiger partial charge in [0.1, 0.15) is 4.90 Å². The standard InChI is InChI=1S/C12H24N4O2S/c1-9(2)13-7-6-8-14-19(17,18)12-10(3)15-16(5)11(12)4/h9,13-14H,6-8H2,1-5H3. The molecule has 1 aromatic rings. The molecule has 6 nitrogen and oxygen atoms in total. The SMILES string of the molecule is Cc1nn(C)c(C)c1S(=O)(=O)NCCCNC(C)C. The van der Waals surface area contributed by atoms with Gasteiger partial charge < -0.3 is 5.32 Å². The minimum atomic E-state index is -3.46. The van der Waals surface area contributed by atoms with Crippen molar-refractivity contribution < 1.29 is 8.42 Å². The van der Waals surface area contributed by atoms with Crippen molar-refractivity contribution in [2.45, 2.75) is 45.1 Å². The molecule has 0 aromatic carbocycles. The summed E-state index contributed by atoms with van der Waals surface area (Å²) >= 11 is 0. The van der Waals surface area contributed by atoms with E-state index in [4.69, 9.17) is 0 Å². The minimum absolute atomic E-state index is 0.298. The predicted molar refractivity (Wildman–Crippen MR) is 75.6 cm³/mol. The Labute approximate surface area is 115 Å². The fourth-order valence-corrected chi connectivity index (χ4v) is 3.41. The molecule has 0 aliphatic heterocycles. The van der Waals surface area contributed by atoms with E-state index in [0.29, 0.717) is 28.9 Å². The fourth-order valence-electron chi connectivity index (χ4n) is 1.90. The van der Waals surface area contributed by atoms with Crippen molar-refractivity contribution >= 4 is 10.0 Å². The van der Waals surface area contributed by atoms with Crippen molar-refractivity contribution in [3.8, 4) is 0 Å². The summed E-state index contributed by atoms with van der Waals surface area (Å²) < 4.78 is 28.6. The number of nitrogens with one attached hydrogen (secondary N) is 2. The minimum Gasteiger partial charge on any atom is -0.314 e. The van der Waals surface area contributed by atoms with Crippen LogP contribution >= 0.6 is 0 Å². The molecule has 0 aliphatic carbocycles. The maximum absolute atomic E-state index is 12.2. The van der Waals surface area contributed by atoms with Crippen LogP contribution in [0.1, 0.15) is 31.7 Å². The monoisotopic (exact) mass is 288 g/mol. The lowest BCUT2D eigenvalue weighted by Crippen LogP contribution is -2.30. The Balaban J connectivity index is 2.62. The van der Waals surface area contributed by atoms with Crippen molar-refractivity contribution in [2.75, 3.05) is 13.1 Å². The molecule has 110 valence electrons. The van der Waals surface area contributed by atoms with E-state index in [1.54, 1.807) is 25.6 Å². The normalized spacial score (nSPS) is 12.3. The van der Waals surface area contributed by atoms with E-state index in [1.165, 1.54) is 0 Å². The fraction of sp³-hybridized carbons (Fsp3) is 0.750. The van der Waals surface area contributed by atoms with Crippen LogP contribution in [0.4, 0.5) is 0 Å². The molecule has 0 unspecified atom stereocenters. The number of aromatic nitrogens is 2. The number of sulfonamides is 1. The highest BCUT2D eigenvalue weighted by atomic mass is 32.2. The number of aryl methyl sites for hydroxylation is 2. The van der Waals surface area contributed by atoms with Gasteiger partial charge in [-0.1, -0.05) is 13.8 Å². The Morgan fingerprint density at radius 2 is 1.89 bits per heavy atom. The zero-order valence-electron chi connectivity index (χ0n) is 12.3. The zero-order valence-corrected chi connectivity index (χ0v) is 13.1. The summed E-state index contributed by atoms with van der Waals surface area (Å²) in [6, 6.07) is 0.416. The first-order chi connectivity index (χ1) is 8.75. The molecular weight excluding hydrogens is 264 g/mol. The highest BCUT2D eigenvalue weighted by Crippen LogP contribution is 2.17. The van der Waals surface area contributed by atoms with Crippen molar-refractivity contribution in [1.29, 1.82) is 0 Å². The van der Waals surface area contributed by atoms with E-state index in [9.17, 15) is 8.42 Å². The van der Waals surface area contributed by atoms with Gasteiger partial charge in [-0.25, -0.2) is 13.1 Å². The van der Waals surface area contributed by atoms with Gasteiger partial charge in [-0.15, -0.1) is 0 Å². The Morgan fingerprint density at radius 3 is 2.37 bits per heavy atom. The van der Waals surface area contributed by atoms with Gasteiger partial charge in [0.25, 0.3) is 0 Å². The first-order valence-corrected chi connectivity index (χ1v) is 7.97. The Bertz CT molecular complexity index is 520. The second kappa shape index (κ2) is 6.49. The largest absolute Gasteiger partial charge is 0.314 e. The maximum atomic E-state index is 12.2. The third kappa shape index (κ3) is 4.29. The first-order valence-electron chi connectivity index (χ1n) is 6.49. The van der Waals surface area contributed by atoms with Gasteiger partial charge in [0, 0.05) is 19.6 Å². The van der Waals surface area contributed by atoms with Crippen LogP contribution in [0.5, 0.6) is 0 Å². The molecule has 0 amide bonds. The van der Waals surface area contributed by atoms with E-state index in [2.05, 4.69) is 29.0 Å². The van der Waals surface area contributed by atoms with Crippen molar-refractivity contribution in [1.82, 2.24) is 19.8 Å². The molecule has 0 aliphatic rings. The van der Waals surface area contributed by atoms with Gasteiger partial charge in [-0.2, -0.15) is 5.10 Å². The Hall–Kier alpha value is -0.920. The molecule has 1 aromatic heterocycles. The smallest absolute Gasteiger partial charge is 0.244 e. The average Bonchev–Trinajstić information content (AvgIpc) is 2.52.